The molecule has 0 aromatic rings. The van der Waals surface area contributed by atoms with Gasteiger partial charge in [-0.25, -0.2) is 0 Å². The molecular weight excluding hydrogens is 256 g/mol. The van der Waals surface area contributed by atoms with Gasteiger partial charge in [-0.15, -0.1) is 0 Å². The van der Waals surface area contributed by atoms with Gasteiger partial charge in [-0.05, 0) is 77.8 Å². The normalized spacial score (nSPS) is 30.3. The maximum atomic E-state index is 2.78. The molecular formula is C19H38N2. The van der Waals surface area contributed by atoms with E-state index in [1.807, 2.05) is 0 Å². The van der Waals surface area contributed by atoms with E-state index >= 15 is 0 Å². The summed E-state index contributed by atoms with van der Waals surface area (Å²) in [4.78, 5) is 5.49. The fraction of sp³-hybridized carbons (Fsp3) is 1.00. The van der Waals surface area contributed by atoms with Crippen molar-refractivity contribution in [2.45, 2.75) is 79.3 Å². The highest BCUT2D eigenvalue weighted by Gasteiger charge is 2.44. The van der Waals surface area contributed by atoms with Crippen molar-refractivity contribution >= 4 is 0 Å². The molecule has 124 valence electrons. The molecule has 0 N–H and O–H groups in total. The molecule has 0 bridgehead atoms. The molecule has 2 fully saturated rings. The Morgan fingerprint density at radius 2 is 1.10 bits per heavy atom. The molecule has 2 atom stereocenters. The highest BCUT2D eigenvalue weighted by atomic mass is 15.2. The van der Waals surface area contributed by atoms with E-state index in [9.17, 15) is 0 Å². The smallest absolute Gasteiger partial charge is 0.0201 e. The fourth-order valence-corrected chi connectivity index (χ4v) is 3.94. The number of piperidine rings is 2. The number of hydrogen-bond acceptors (Lipinski definition) is 2. The van der Waals surface area contributed by atoms with Crippen LogP contribution in [0, 0.1) is 17.3 Å². The minimum atomic E-state index is 0.291. The van der Waals surface area contributed by atoms with E-state index in [1.165, 1.54) is 39.0 Å². The average molecular weight is 295 g/mol. The van der Waals surface area contributed by atoms with Crippen molar-refractivity contribution in [3.63, 3.8) is 0 Å². The summed E-state index contributed by atoms with van der Waals surface area (Å²) < 4.78 is 0. The summed E-state index contributed by atoms with van der Waals surface area (Å²) in [6.45, 7) is 24.4. The zero-order valence-corrected chi connectivity index (χ0v) is 15.8. The Balaban J connectivity index is 2.01. The molecule has 0 aliphatic carbocycles. The van der Waals surface area contributed by atoms with Crippen molar-refractivity contribution in [2.75, 3.05) is 26.2 Å². The van der Waals surface area contributed by atoms with Crippen molar-refractivity contribution < 1.29 is 0 Å². The van der Waals surface area contributed by atoms with Gasteiger partial charge in [0.15, 0.2) is 0 Å². The van der Waals surface area contributed by atoms with Gasteiger partial charge in [0.2, 0.25) is 0 Å². The summed E-state index contributed by atoms with van der Waals surface area (Å²) in [5, 5.41) is 0. The maximum absolute atomic E-state index is 2.78. The number of fused-ring (bicyclic) bond motifs is 1. The molecule has 0 saturated carbocycles. The van der Waals surface area contributed by atoms with Crippen LogP contribution in [-0.2, 0) is 0 Å². The van der Waals surface area contributed by atoms with Crippen LogP contribution in [0.5, 0.6) is 0 Å². The standard InChI is InChI=1S/C19H38N2/c1-17(2,3)19(7,8)21-12-10-15-13-20(18(4,5)6)11-9-16(15)14-21/h15-16H,9-14H2,1-8H3. The van der Waals surface area contributed by atoms with Gasteiger partial charge < -0.3 is 0 Å². The van der Waals surface area contributed by atoms with Gasteiger partial charge in [-0.1, -0.05) is 20.8 Å². The fourth-order valence-electron chi connectivity index (χ4n) is 3.94. The minimum Gasteiger partial charge on any atom is -0.298 e. The van der Waals surface area contributed by atoms with Crippen LogP contribution in [0.1, 0.15) is 68.2 Å². The van der Waals surface area contributed by atoms with E-state index in [1.54, 1.807) is 0 Å². The van der Waals surface area contributed by atoms with Crippen LogP contribution in [0.2, 0.25) is 0 Å². The van der Waals surface area contributed by atoms with Crippen LogP contribution in [0.4, 0.5) is 0 Å². The second kappa shape index (κ2) is 5.53. The summed E-state index contributed by atoms with van der Waals surface area (Å²) in [5.74, 6) is 1.84. The summed E-state index contributed by atoms with van der Waals surface area (Å²) in [7, 11) is 0. The molecule has 2 heteroatoms. The van der Waals surface area contributed by atoms with Crippen molar-refractivity contribution in [3.05, 3.63) is 0 Å². The highest BCUT2D eigenvalue weighted by molar-refractivity contribution is 4.98. The first-order valence-corrected chi connectivity index (χ1v) is 8.93. The summed E-state index contributed by atoms with van der Waals surface area (Å²) in [6.07, 6.45) is 2.77. The molecule has 2 aliphatic heterocycles. The van der Waals surface area contributed by atoms with Crippen LogP contribution in [-0.4, -0.2) is 47.1 Å². The largest absolute Gasteiger partial charge is 0.298 e. The predicted octanol–water partition coefficient (Wildman–Crippen LogP) is 4.25. The molecule has 2 nitrogen and oxygen atoms in total. The quantitative estimate of drug-likeness (QED) is 0.713. The first-order valence-electron chi connectivity index (χ1n) is 8.93. The molecule has 2 aliphatic rings. The van der Waals surface area contributed by atoms with Gasteiger partial charge in [0.1, 0.15) is 0 Å². The Labute approximate surface area is 133 Å². The molecule has 2 saturated heterocycles. The maximum Gasteiger partial charge on any atom is 0.0201 e. The number of nitrogens with zero attached hydrogens (tertiary/aromatic N) is 2. The van der Waals surface area contributed by atoms with Crippen molar-refractivity contribution in [1.29, 1.82) is 0 Å². The van der Waals surface area contributed by atoms with E-state index in [0.29, 0.717) is 16.5 Å². The van der Waals surface area contributed by atoms with Gasteiger partial charge in [-0.2, -0.15) is 0 Å². The third kappa shape index (κ3) is 3.47. The molecule has 0 spiro atoms. The Bertz CT molecular complexity index is 359. The van der Waals surface area contributed by atoms with Gasteiger partial charge >= 0.3 is 0 Å². The Hall–Kier alpha value is -0.0800. The SMILES string of the molecule is CC(C)(C)N1CCC2CN(C(C)(C)C(C)(C)C)CCC2C1. The van der Waals surface area contributed by atoms with Crippen molar-refractivity contribution in [3.8, 4) is 0 Å². The molecule has 0 radical (unpaired) electrons. The van der Waals surface area contributed by atoms with Crippen LogP contribution in [0.3, 0.4) is 0 Å². The summed E-state index contributed by atoms with van der Waals surface area (Å²) in [6, 6.07) is 0. The first-order chi connectivity index (χ1) is 9.43. The molecule has 0 aromatic heterocycles. The van der Waals surface area contributed by atoms with E-state index in [4.69, 9.17) is 0 Å². The van der Waals surface area contributed by atoms with Crippen LogP contribution in [0.25, 0.3) is 0 Å². The van der Waals surface area contributed by atoms with Crippen molar-refractivity contribution in [1.82, 2.24) is 9.80 Å². The Kier molecular flexibility index (Phi) is 4.55. The molecule has 0 aromatic carbocycles. The van der Waals surface area contributed by atoms with Gasteiger partial charge in [-0.3, -0.25) is 9.80 Å². The molecule has 2 heterocycles. The van der Waals surface area contributed by atoms with Crippen LogP contribution >= 0.6 is 0 Å². The van der Waals surface area contributed by atoms with Gasteiger partial charge in [0, 0.05) is 24.2 Å². The summed E-state index contributed by atoms with van der Waals surface area (Å²) in [5.41, 5.74) is 0.970. The van der Waals surface area contributed by atoms with E-state index < -0.39 is 0 Å². The van der Waals surface area contributed by atoms with E-state index in [0.717, 1.165) is 11.8 Å². The predicted molar refractivity (Wildman–Crippen MR) is 92.6 cm³/mol. The first kappa shape index (κ1) is 17.3. The van der Waals surface area contributed by atoms with E-state index in [-0.39, 0.29) is 0 Å². The summed E-state index contributed by atoms with van der Waals surface area (Å²) >= 11 is 0. The Morgan fingerprint density at radius 1 is 0.667 bits per heavy atom. The number of rotatable bonds is 1. The lowest BCUT2D eigenvalue weighted by molar-refractivity contribution is -0.0548. The molecule has 0 amide bonds. The van der Waals surface area contributed by atoms with Crippen molar-refractivity contribution in [2.24, 2.45) is 17.3 Å². The van der Waals surface area contributed by atoms with Gasteiger partial charge in [0.25, 0.3) is 0 Å². The third-order valence-corrected chi connectivity index (χ3v) is 6.69. The second-order valence-electron chi connectivity index (χ2n) is 9.97. The topological polar surface area (TPSA) is 6.48 Å². The number of likely N-dealkylation sites (tertiary alicyclic amines) is 2. The number of hydrogen-bond donors (Lipinski definition) is 0. The molecule has 2 rings (SSSR count). The zero-order chi connectivity index (χ0) is 16.1. The molecule has 21 heavy (non-hydrogen) atoms. The van der Waals surface area contributed by atoms with Crippen LogP contribution < -0.4 is 0 Å². The van der Waals surface area contributed by atoms with Gasteiger partial charge in [0.05, 0.1) is 0 Å². The monoisotopic (exact) mass is 294 g/mol. The average Bonchev–Trinajstić information content (AvgIpc) is 2.35. The Morgan fingerprint density at radius 3 is 1.52 bits per heavy atom. The lowest BCUT2D eigenvalue weighted by Gasteiger charge is -2.55. The highest BCUT2D eigenvalue weighted by Crippen LogP contribution is 2.41. The lowest BCUT2D eigenvalue weighted by Crippen LogP contribution is -2.60. The zero-order valence-electron chi connectivity index (χ0n) is 15.8. The third-order valence-electron chi connectivity index (χ3n) is 6.69. The lowest BCUT2D eigenvalue weighted by atomic mass is 9.71. The van der Waals surface area contributed by atoms with Crippen LogP contribution in [0.15, 0.2) is 0 Å². The van der Waals surface area contributed by atoms with E-state index in [2.05, 4.69) is 65.2 Å². The second-order valence-corrected chi connectivity index (χ2v) is 9.97. The minimum absolute atomic E-state index is 0.291. The molecule has 2 unspecified atom stereocenters.